The van der Waals surface area contributed by atoms with E-state index in [1.807, 2.05) is 30.3 Å². The fourth-order valence-electron chi connectivity index (χ4n) is 3.24. The first kappa shape index (κ1) is 25.5. The van der Waals surface area contributed by atoms with Crippen molar-refractivity contribution in [2.75, 3.05) is 13.7 Å². The number of hydrogen-bond donors (Lipinski definition) is 2. The summed E-state index contributed by atoms with van der Waals surface area (Å²) in [6.07, 6.45) is -5.23. The quantitative estimate of drug-likeness (QED) is 0.320. The Morgan fingerprint density at radius 2 is 1.47 bits per heavy atom. The van der Waals surface area contributed by atoms with Gasteiger partial charge in [0.05, 0.1) is 0 Å². The minimum Gasteiger partial charge on any atom is -0.456 e. The fourth-order valence-corrected chi connectivity index (χ4v) is 3.40. The number of hydrogen-bond acceptors (Lipinski definition) is 9. The molecule has 176 valence electrons. The molecule has 1 fully saturated rings. The summed E-state index contributed by atoms with van der Waals surface area (Å²) in [5, 5.41) is 6.42. The number of rotatable bonds is 8. The Morgan fingerprint density at radius 1 is 0.906 bits per heavy atom. The zero-order chi connectivity index (χ0) is 23.7. The Kier molecular flexibility index (Phi) is 9.82. The lowest BCUT2D eigenvalue weighted by atomic mass is 9.97. The van der Waals surface area contributed by atoms with Gasteiger partial charge in [-0.25, -0.2) is 0 Å². The van der Waals surface area contributed by atoms with Gasteiger partial charge < -0.3 is 34.3 Å². The van der Waals surface area contributed by atoms with Crippen LogP contribution < -0.4 is 10.6 Å². The molecule has 0 saturated carbocycles. The predicted octanol–water partition coefficient (Wildman–Crippen LogP) is 0.817. The smallest absolute Gasteiger partial charge is 0.303 e. The van der Waals surface area contributed by atoms with E-state index in [0.29, 0.717) is 11.7 Å². The topological polar surface area (TPSA) is 121 Å². The van der Waals surface area contributed by atoms with Gasteiger partial charge in [0.15, 0.2) is 29.7 Å². The highest BCUT2D eigenvalue weighted by atomic mass is 32.1. The Balaban J connectivity index is 2.13. The van der Waals surface area contributed by atoms with Gasteiger partial charge in [0.1, 0.15) is 6.10 Å². The standard InChI is InChI=1S/C21H28N2O8S/c1-12(24)28-17-16(11-23-21(32)22-10-15-8-6-5-7-9-15)31-20(27-4)19(30-14(3)26)18(17)29-13(2)25/h5-9,16-20H,10-11H2,1-4H3,(H2,22,23,32)/t16-,17-,18+,19-,20-/m1/s1. The number of ether oxygens (including phenoxy) is 5. The zero-order valence-electron chi connectivity index (χ0n) is 18.4. The van der Waals surface area contributed by atoms with Gasteiger partial charge in [0.2, 0.25) is 0 Å². The first-order chi connectivity index (χ1) is 15.2. The van der Waals surface area contributed by atoms with Gasteiger partial charge in [-0.3, -0.25) is 14.4 Å². The molecule has 10 nitrogen and oxygen atoms in total. The van der Waals surface area contributed by atoms with E-state index < -0.39 is 48.6 Å². The first-order valence-corrected chi connectivity index (χ1v) is 10.4. The van der Waals surface area contributed by atoms with Crippen LogP contribution in [0.1, 0.15) is 26.3 Å². The minimum absolute atomic E-state index is 0.100. The van der Waals surface area contributed by atoms with Crippen LogP contribution in [0.15, 0.2) is 30.3 Å². The number of benzene rings is 1. The third-order valence-electron chi connectivity index (χ3n) is 4.49. The van der Waals surface area contributed by atoms with Gasteiger partial charge in [-0.05, 0) is 17.8 Å². The van der Waals surface area contributed by atoms with Crippen LogP contribution in [0.2, 0.25) is 0 Å². The van der Waals surface area contributed by atoms with Crippen molar-refractivity contribution in [1.29, 1.82) is 0 Å². The molecule has 0 amide bonds. The normalized spacial score (nSPS) is 24.7. The van der Waals surface area contributed by atoms with E-state index in [1.165, 1.54) is 27.9 Å². The highest BCUT2D eigenvalue weighted by Crippen LogP contribution is 2.29. The lowest BCUT2D eigenvalue weighted by Gasteiger charge is -2.44. The number of carbonyl (C=O) groups excluding carboxylic acids is 3. The third kappa shape index (κ3) is 7.74. The van der Waals surface area contributed by atoms with Crippen molar-refractivity contribution in [3.63, 3.8) is 0 Å². The molecule has 0 aliphatic carbocycles. The molecular weight excluding hydrogens is 440 g/mol. The summed E-state index contributed by atoms with van der Waals surface area (Å²) in [5.41, 5.74) is 1.04. The maximum Gasteiger partial charge on any atom is 0.303 e. The highest BCUT2D eigenvalue weighted by Gasteiger charge is 2.52. The lowest BCUT2D eigenvalue weighted by Crippen LogP contribution is -2.63. The average molecular weight is 469 g/mol. The summed E-state index contributed by atoms with van der Waals surface area (Å²) in [6.45, 7) is 4.22. The molecule has 0 bridgehead atoms. The van der Waals surface area contributed by atoms with Crippen molar-refractivity contribution in [1.82, 2.24) is 10.6 Å². The van der Waals surface area contributed by atoms with Crippen molar-refractivity contribution in [3.05, 3.63) is 35.9 Å². The molecule has 1 aliphatic heterocycles. The Bertz CT molecular complexity index is 806. The van der Waals surface area contributed by atoms with Crippen LogP contribution in [-0.4, -0.2) is 67.4 Å². The molecule has 0 spiro atoms. The molecule has 0 aromatic heterocycles. The summed E-state index contributed by atoms with van der Waals surface area (Å²) < 4.78 is 27.2. The lowest BCUT2D eigenvalue weighted by molar-refractivity contribution is -0.296. The van der Waals surface area contributed by atoms with E-state index >= 15 is 0 Å². The van der Waals surface area contributed by atoms with Gasteiger partial charge in [-0.1, -0.05) is 30.3 Å². The molecule has 2 N–H and O–H groups in total. The largest absolute Gasteiger partial charge is 0.456 e. The molecule has 1 aliphatic rings. The molecule has 1 saturated heterocycles. The third-order valence-corrected chi connectivity index (χ3v) is 4.78. The molecular formula is C21H28N2O8S. The van der Waals surface area contributed by atoms with E-state index in [2.05, 4.69) is 10.6 Å². The van der Waals surface area contributed by atoms with Crippen LogP contribution in [0.5, 0.6) is 0 Å². The van der Waals surface area contributed by atoms with Crippen molar-refractivity contribution >= 4 is 35.2 Å². The van der Waals surface area contributed by atoms with Crippen LogP contribution in [0.3, 0.4) is 0 Å². The van der Waals surface area contributed by atoms with E-state index in [0.717, 1.165) is 5.56 Å². The molecule has 2 rings (SSSR count). The second-order valence-corrected chi connectivity index (χ2v) is 7.46. The van der Waals surface area contributed by atoms with Crippen molar-refractivity contribution in [2.24, 2.45) is 0 Å². The first-order valence-electron chi connectivity index (χ1n) is 9.96. The molecule has 1 heterocycles. The average Bonchev–Trinajstić information content (AvgIpc) is 2.73. The highest BCUT2D eigenvalue weighted by molar-refractivity contribution is 7.80. The number of esters is 3. The van der Waals surface area contributed by atoms with E-state index in [4.69, 9.17) is 35.9 Å². The second kappa shape index (κ2) is 12.3. The van der Waals surface area contributed by atoms with E-state index in [1.54, 1.807) is 0 Å². The minimum atomic E-state index is -1.14. The molecule has 0 unspecified atom stereocenters. The summed E-state index contributed by atoms with van der Waals surface area (Å²) in [7, 11) is 1.36. The molecule has 11 heteroatoms. The molecule has 1 aromatic rings. The Labute approximate surface area is 191 Å². The molecule has 5 atom stereocenters. The van der Waals surface area contributed by atoms with Crippen LogP contribution in [0.4, 0.5) is 0 Å². The maximum absolute atomic E-state index is 11.8. The molecule has 0 radical (unpaired) electrons. The zero-order valence-corrected chi connectivity index (χ0v) is 19.2. The Morgan fingerprint density at radius 3 is 2.03 bits per heavy atom. The van der Waals surface area contributed by atoms with E-state index in [9.17, 15) is 14.4 Å². The number of thiocarbonyl (C=S) groups is 1. The second-order valence-electron chi connectivity index (χ2n) is 7.05. The van der Waals surface area contributed by atoms with Crippen LogP contribution >= 0.6 is 12.2 Å². The van der Waals surface area contributed by atoms with Gasteiger partial charge in [0, 0.05) is 41.0 Å². The van der Waals surface area contributed by atoms with Gasteiger partial charge >= 0.3 is 17.9 Å². The number of nitrogens with one attached hydrogen (secondary N) is 2. The van der Waals surface area contributed by atoms with Gasteiger partial charge in [-0.15, -0.1) is 0 Å². The number of carbonyl (C=O) groups is 3. The van der Waals surface area contributed by atoms with Crippen LogP contribution in [0, 0.1) is 0 Å². The Hall–Kier alpha value is -2.76. The monoisotopic (exact) mass is 468 g/mol. The summed E-state index contributed by atoms with van der Waals surface area (Å²) in [4.78, 5) is 35.1. The van der Waals surface area contributed by atoms with Gasteiger partial charge in [0.25, 0.3) is 0 Å². The summed E-state index contributed by atoms with van der Waals surface area (Å²) >= 11 is 5.31. The van der Waals surface area contributed by atoms with Crippen LogP contribution in [0.25, 0.3) is 0 Å². The fraction of sp³-hybridized carbons (Fsp3) is 0.524. The number of methoxy groups -OCH3 is 1. The predicted molar refractivity (Wildman–Crippen MR) is 116 cm³/mol. The van der Waals surface area contributed by atoms with Crippen LogP contribution in [-0.2, 0) is 44.6 Å². The summed E-state index contributed by atoms with van der Waals surface area (Å²) in [6, 6.07) is 9.68. The summed E-state index contributed by atoms with van der Waals surface area (Å²) in [5.74, 6) is -1.90. The van der Waals surface area contributed by atoms with Crippen molar-refractivity contribution < 1.29 is 38.1 Å². The maximum atomic E-state index is 11.8. The van der Waals surface area contributed by atoms with Crippen molar-refractivity contribution in [2.45, 2.75) is 58.0 Å². The van der Waals surface area contributed by atoms with E-state index in [-0.39, 0.29) is 6.54 Å². The van der Waals surface area contributed by atoms with Gasteiger partial charge in [-0.2, -0.15) is 0 Å². The molecule has 32 heavy (non-hydrogen) atoms. The van der Waals surface area contributed by atoms with Crippen molar-refractivity contribution in [3.8, 4) is 0 Å². The molecule has 1 aromatic carbocycles. The SMILES string of the molecule is CO[C@@H]1O[C@H](CNC(=S)NCc2ccccc2)[C@@H](OC(C)=O)[C@H](OC(C)=O)[C@H]1OC(C)=O.